The number of piperazine rings is 1. The van der Waals surface area contributed by atoms with Gasteiger partial charge in [-0.25, -0.2) is 13.1 Å². The minimum atomic E-state index is -3.72. The van der Waals surface area contributed by atoms with Gasteiger partial charge in [0.05, 0.1) is 27.8 Å². The number of rotatable bonds is 5. The molecule has 10 heteroatoms. The predicted octanol–water partition coefficient (Wildman–Crippen LogP) is 2.95. The molecule has 0 radical (unpaired) electrons. The SMILES string of the molecule is N#Cc1ccc(S(=O)(=O)N2CCN(C(=O)c3cn(-c4ccccc4)nc3-c3cccnc3)CC2)cc1. The first kappa shape index (κ1) is 23.4. The van der Waals surface area contributed by atoms with Gasteiger partial charge in [0.25, 0.3) is 5.91 Å². The van der Waals surface area contributed by atoms with E-state index < -0.39 is 10.0 Å². The third kappa shape index (κ3) is 4.49. The molecule has 0 N–H and O–H groups in total. The minimum absolute atomic E-state index is 0.129. The summed E-state index contributed by atoms with van der Waals surface area (Å²) in [4.78, 5) is 19.5. The molecule has 1 aliphatic heterocycles. The van der Waals surface area contributed by atoms with Crippen LogP contribution in [-0.2, 0) is 10.0 Å². The van der Waals surface area contributed by atoms with Crippen molar-refractivity contribution in [3.05, 3.63) is 96.4 Å². The number of sulfonamides is 1. The van der Waals surface area contributed by atoms with E-state index >= 15 is 0 Å². The third-order valence-electron chi connectivity index (χ3n) is 6.05. The topological polar surface area (TPSA) is 112 Å². The zero-order valence-electron chi connectivity index (χ0n) is 19.2. The average Bonchev–Trinajstić information content (AvgIpc) is 3.39. The first-order valence-corrected chi connectivity index (χ1v) is 12.8. The van der Waals surface area contributed by atoms with Gasteiger partial charge in [0.2, 0.25) is 10.0 Å². The maximum Gasteiger partial charge on any atom is 0.257 e. The molecule has 4 aromatic rings. The number of carbonyl (C=O) groups is 1. The lowest BCUT2D eigenvalue weighted by atomic mass is 10.1. The molecule has 3 heterocycles. The number of pyridine rings is 1. The molecule has 0 aliphatic carbocycles. The molecule has 1 amide bonds. The highest BCUT2D eigenvalue weighted by atomic mass is 32.2. The average molecular weight is 499 g/mol. The van der Waals surface area contributed by atoms with E-state index in [1.807, 2.05) is 42.5 Å². The lowest BCUT2D eigenvalue weighted by Crippen LogP contribution is -2.50. The van der Waals surface area contributed by atoms with Gasteiger partial charge in [-0.1, -0.05) is 18.2 Å². The number of hydrogen-bond acceptors (Lipinski definition) is 6. The van der Waals surface area contributed by atoms with Crippen LogP contribution in [0, 0.1) is 11.3 Å². The standard InChI is InChI=1S/C26H22N6O3S/c27-17-20-8-10-23(11-9-20)36(34,35)31-15-13-30(14-16-31)26(33)24-19-32(22-6-2-1-3-7-22)29-25(24)21-5-4-12-28-18-21/h1-12,18-19H,13-16H2. The van der Waals surface area contributed by atoms with Crippen LogP contribution in [0.15, 0.2) is 90.2 Å². The van der Waals surface area contributed by atoms with Gasteiger partial charge in [-0.3, -0.25) is 9.78 Å². The van der Waals surface area contributed by atoms with Crippen molar-refractivity contribution >= 4 is 15.9 Å². The second-order valence-corrected chi connectivity index (χ2v) is 10.2. The Morgan fingerprint density at radius 2 is 1.64 bits per heavy atom. The van der Waals surface area contributed by atoms with Crippen LogP contribution in [0.2, 0.25) is 0 Å². The van der Waals surface area contributed by atoms with Gasteiger partial charge in [-0.05, 0) is 48.5 Å². The van der Waals surface area contributed by atoms with Gasteiger partial charge in [0, 0.05) is 50.3 Å². The Balaban J connectivity index is 1.38. The number of nitrogens with zero attached hydrogens (tertiary/aromatic N) is 6. The molecule has 5 rings (SSSR count). The van der Waals surface area contributed by atoms with Crippen molar-refractivity contribution < 1.29 is 13.2 Å². The van der Waals surface area contributed by atoms with Crippen LogP contribution in [0.3, 0.4) is 0 Å². The van der Waals surface area contributed by atoms with Crippen LogP contribution in [-0.4, -0.2) is 64.5 Å². The summed E-state index contributed by atoms with van der Waals surface area (Å²) in [5.41, 5.74) is 2.88. The van der Waals surface area contributed by atoms with Gasteiger partial charge < -0.3 is 4.90 Å². The van der Waals surface area contributed by atoms with Crippen LogP contribution in [0.4, 0.5) is 0 Å². The van der Waals surface area contributed by atoms with Gasteiger partial charge in [0.15, 0.2) is 0 Å². The van der Waals surface area contributed by atoms with E-state index in [4.69, 9.17) is 5.26 Å². The number of para-hydroxylation sites is 1. The normalized spacial score (nSPS) is 14.4. The number of hydrogen-bond donors (Lipinski definition) is 0. The van der Waals surface area contributed by atoms with E-state index in [1.54, 1.807) is 34.2 Å². The number of nitriles is 1. The van der Waals surface area contributed by atoms with E-state index in [9.17, 15) is 13.2 Å². The second-order valence-electron chi connectivity index (χ2n) is 8.25. The van der Waals surface area contributed by atoms with Crippen molar-refractivity contribution in [1.29, 1.82) is 5.26 Å². The Bertz CT molecular complexity index is 1520. The monoisotopic (exact) mass is 498 g/mol. The summed E-state index contributed by atoms with van der Waals surface area (Å²) >= 11 is 0. The first-order valence-electron chi connectivity index (χ1n) is 11.3. The van der Waals surface area contributed by atoms with E-state index in [1.165, 1.54) is 28.6 Å². The van der Waals surface area contributed by atoms with Crippen molar-refractivity contribution in [3.63, 3.8) is 0 Å². The van der Waals surface area contributed by atoms with E-state index in [-0.39, 0.29) is 37.0 Å². The Hall–Kier alpha value is -4.33. The molecule has 0 unspecified atom stereocenters. The second kappa shape index (κ2) is 9.73. The molecule has 1 aliphatic rings. The maximum atomic E-state index is 13.6. The molecule has 0 saturated carbocycles. The van der Waals surface area contributed by atoms with Crippen molar-refractivity contribution in [3.8, 4) is 23.0 Å². The summed E-state index contributed by atoms with van der Waals surface area (Å²) in [6.07, 6.45) is 5.03. The summed E-state index contributed by atoms with van der Waals surface area (Å²) in [6, 6.07) is 21.0. The first-order chi connectivity index (χ1) is 17.5. The van der Waals surface area contributed by atoms with Crippen LogP contribution in [0.25, 0.3) is 16.9 Å². The fraction of sp³-hybridized carbons (Fsp3) is 0.154. The highest BCUT2D eigenvalue weighted by Gasteiger charge is 2.32. The highest BCUT2D eigenvalue weighted by molar-refractivity contribution is 7.89. The molecular formula is C26H22N6O3S. The molecule has 0 spiro atoms. The fourth-order valence-electron chi connectivity index (χ4n) is 4.11. The quantitative estimate of drug-likeness (QED) is 0.418. The summed E-state index contributed by atoms with van der Waals surface area (Å²) in [7, 11) is -3.72. The zero-order valence-corrected chi connectivity index (χ0v) is 20.0. The molecule has 2 aromatic heterocycles. The van der Waals surface area contributed by atoms with E-state index in [2.05, 4.69) is 10.1 Å². The van der Waals surface area contributed by atoms with Gasteiger partial charge in [0.1, 0.15) is 5.69 Å². The molecule has 1 saturated heterocycles. The van der Waals surface area contributed by atoms with Crippen molar-refractivity contribution in [2.45, 2.75) is 4.90 Å². The molecule has 1 fully saturated rings. The minimum Gasteiger partial charge on any atom is -0.336 e. The zero-order chi connectivity index (χ0) is 25.1. The molecule has 180 valence electrons. The molecule has 2 aromatic carbocycles. The Labute approximate surface area is 208 Å². The van der Waals surface area contributed by atoms with Crippen molar-refractivity contribution in [1.82, 2.24) is 24.0 Å². The summed E-state index contributed by atoms with van der Waals surface area (Å²) < 4.78 is 29.1. The number of amides is 1. The van der Waals surface area contributed by atoms with Gasteiger partial charge in [-0.15, -0.1) is 0 Å². The van der Waals surface area contributed by atoms with Crippen LogP contribution >= 0.6 is 0 Å². The molecule has 0 bridgehead atoms. The van der Waals surface area contributed by atoms with Gasteiger partial charge >= 0.3 is 0 Å². The summed E-state index contributed by atoms with van der Waals surface area (Å²) in [5, 5.41) is 13.6. The number of benzene rings is 2. The van der Waals surface area contributed by atoms with Crippen molar-refractivity contribution in [2.24, 2.45) is 0 Å². The maximum absolute atomic E-state index is 13.6. The lowest BCUT2D eigenvalue weighted by molar-refractivity contribution is 0.0698. The predicted molar refractivity (Wildman–Crippen MR) is 133 cm³/mol. The van der Waals surface area contributed by atoms with Crippen molar-refractivity contribution in [2.75, 3.05) is 26.2 Å². The molecule has 36 heavy (non-hydrogen) atoms. The fourth-order valence-corrected chi connectivity index (χ4v) is 5.53. The lowest BCUT2D eigenvalue weighted by Gasteiger charge is -2.34. The number of carbonyl (C=O) groups excluding carboxylic acids is 1. The molecular weight excluding hydrogens is 476 g/mol. The Morgan fingerprint density at radius 1 is 0.917 bits per heavy atom. The van der Waals surface area contributed by atoms with E-state index in [0.29, 0.717) is 16.8 Å². The van der Waals surface area contributed by atoms with Crippen LogP contribution in [0.5, 0.6) is 0 Å². The molecule has 0 atom stereocenters. The largest absolute Gasteiger partial charge is 0.336 e. The highest BCUT2D eigenvalue weighted by Crippen LogP contribution is 2.26. The van der Waals surface area contributed by atoms with Crippen LogP contribution < -0.4 is 0 Å². The Kier molecular flexibility index (Phi) is 6.33. The van der Waals surface area contributed by atoms with E-state index in [0.717, 1.165) is 11.3 Å². The van der Waals surface area contributed by atoms with Gasteiger partial charge in [-0.2, -0.15) is 14.7 Å². The molecule has 9 nitrogen and oxygen atoms in total. The number of aromatic nitrogens is 3. The smallest absolute Gasteiger partial charge is 0.257 e. The Morgan fingerprint density at radius 3 is 2.28 bits per heavy atom. The summed E-state index contributed by atoms with van der Waals surface area (Å²) in [6.45, 7) is 0.834. The summed E-state index contributed by atoms with van der Waals surface area (Å²) in [5.74, 6) is -0.216. The van der Waals surface area contributed by atoms with Crippen LogP contribution in [0.1, 0.15) is 15.9 Å². The third-order valence-corrected chi connectivity index (χ3v) is 7.96.